The molecule has 2 N–H and O–H groups in total. The van der Waals surface area contributed by atoms with Gasteiger partial charge in [0.15, 0.2) is 0 Å². The number of carbonyl (C=O) groups is 2. The zero-order valence-electron chi connectivity index (χ0n) is 18.3. The Morgan fingerprint density at radius 2 is 1.87 bits per heavy atom. The number of benzene rings is 1. The highest BCUT2D eigenvalue weighted by atomic mass is 35.5. The maximum absolute atomic E-state index is 12.4. The Labute approximate surface area is 183 Å². The second-order valence-electron chi connectivity index (χ2n) is 9.57. The number of rotatable bonds is 3. The Hall–Kier alpha value is -1.79. The van der Waals surface area contributed by atoms with Crippen LogP contribution in [0.3, 0.4) is 0 Å². The van der Waals surface area contributed by atoms with E-state index >= 15 is 0 Å². The van der Waals surface area contributed by atoms with Crippen molar-refractivity contribution in [3.8, 4) is 0 Å². The number of esters is 1. The van der Waals surface area contributed by atoms with Gasteiger partial charge in [0.2, 0.25) is 0 Å². The Kier molecular flexibility index (Phi) is 6.68. The third kappa shape index (κ3) is 4.04. The molecule has 2 heterocycles. The van der Waals surface area contributed by atoms with Crippen molar-refractivity contribution in [3.05, 3.63) is 34.3 Å². The summed E-state index contributed by atoms with van der Waals surface area (Å²) in [4.78, 5) is 26.0. The molecule has 1 aromatic carbocycles. The summed E-state index contributed by atoms with van der Waals surface area (Å²) in [5.41, 5.74) is 0.0334. The molecule has 2 aliphatic rings. The highest BCUT2D eigenvalue weighted by molar-refractivity contribution is 6.33. The predicted molar refractivity (Wildman–Crippen MR) is 117 cm³/mol. The highest BCUT2D eigenvalue weighted by Gasteiger charge is 2.54. The van der Waals surface area contributed by atoms with Crippen LogP contribution in [0.4, 0.5) is 4.79 Å². The molecule has 0 aromatic heterocycles. The first-order valence-corrected chi connectivity index (χ1v) is 11.1. The molecule has 2 saturated heterocycles. The van der Waals surface area contributed by atoms with Crippen molar-refractivity contribution in [2.24, 2.45) is 17.3 Å². The summed E-state index contributed by atoms with van der Waals surface area (Å²) in [6, 6.07) is 5.27. The van der Waals surface area contributed by atoms with Crippen molar-refractivity contribution < 1.29 is 19.4 Å². The van der Waals surface area contributed by atoms with Gasteiger partial charge in [-0.3, -0.25) is 4.90 Å². The predicted octanol–water partition coefficient (Wildman–Crippen LogP) is 4.76. The summed E-state index contributed by atoms with van der Waals surface area (Å²) >= 11 is 6.47. The highest BCUT2D eigenvalue weighted by Crippen LogP contribution is 2.54. The standard InChI is InChI=1S/C23H33ClN2O4/c1-22(2,3)23(17-5-6-18(19(24)13-17)20(27)30-4)14-16(9-12-26(23)21(28)29)15-7-10-25-11-8-15/h5-6,13,15-16,25H,7-12,14H2,1-4H3,(H,28,29). The van der Waals surface area contributed by atoms with Crippen LogP contribution in [0.15, 0.2) is 18.2 Å². The SMILES string of the molecule is COC(=O)c1ccc(C2(C(C)(C)C)CC(C3CCNCC3)CCN2C(=O)O)cc1Cl. The van der Waals surface area contributed by atoms with Gasteiger partial charge in [-0.1, -0.05) is 38.4 Å². The summed E-state index contributed by atoms with van der Waals surface area (Å²) in [7, 11) is 1.32. The number of nitrogens with zero attached hydrogens (tertiary/aromatic N) is 1. The van der Waals surface area contributed by atoms with Gasteiger partial charge in [-0.2, -0.15) is 0 Å². The number of hydrogen-bond acceptors (Lipinski definition) is 4. The van der Waals surface area contributed by atoms with Gasteiger partial charge in [-0.05, 0) is 73.7 Å². The third-order valence-electron chi connectivity index (χ3n) is 7.12. The number of hydrogen-bond donors (Lipinski definition) is 2. The molecule has 0 spiro atoms. The number of ether oxygens (including phenoxy) is 1. The van der Waals surface area contributed by atoms with Crippen LogP contribution < -0.4 is 5.32 Å². The molecule has 166 valence electrons. The van der Waals surface area contributed by atoms with Crippen LogP contribution in [-0.2, 0) is 10.3 Å². The van der Waals surface area contributed by atoms with Crippen LogP contribution in [-0.4, -0.2) is 48.8 Å². The fourth-order valence-corrected chi connectivity index (χ4v) is 5.78. The molecule has 2 aliphatic heterocycles. The average Bonchev–Trinajstić information content (AvgIpc) is 2.72. The smallest absolute Gasteiger partial charge is 0.408 e. The first-order valence-electron chi connectivity index (χ1n) is 10.7. The van der Waals surface area contributed by atoms with Crippen molar-refractivity contribution in [3.63, 3.8) is 0 Å². The summed E-state index contributed by atoms with van der Waals surface area (Å²) < 4.78 is 4.82. The van der Waals surface area contributed by atoms with Crippen molar-refractivity contribution >= 4 is 23.7 Å². The van der Waals surface area contributed by atoms with Gasteiger partial charge in [0.1, 0.15) is 0 Å². The molecule has 1 amide bonds. The van der Waals surface area contributed by atoms with Crippen LogP contribution in [0, 0.1) is 17.3 Å². The first kappa shape index (κ1) is 22.9. The number of carbonyl (C=O) groups excluding carboxylic acids is 1. The Morgan fingerprint density at radius 1 is 1.20 bits per heavy atom. The molecule has 3 rings (SSSR count). The van der Waals surface area contributed by atoms with E-state index in [-0.39, 0.29) is 10.4 Å². The van der Waals surface area contributed by atoms with E-state index in [9.17, 15) is 14.7 Å². The Bertz CT molecular complexity index is 801. The average molecular weight is 437 g/mol. The zero-order valence-corrected chi connectivity index (χ0v) is 19.1. The van der Waals surface area contributed by atoms with Gasteiger partial charge < -0.3 is 15.2 Å². The molecule has 6 nitrogen and oxygen atoms in total. The van der Waals surface area contributed by atoms with E-state index in [2.05, 4.69) is 26.1 Å². The van der Waals surface area contributed by atoms with Crippen LogP contribution in [0.5, 0.6) is 0 Å². The summed E-state index contributed by atoms with van der Waals surface area (Å²) in [5, 5.41) is 13.9. The number of nitrogens with one attached hydrogen (secondary N) is 1. The fraction of sp³-hybridized carbons (Fsp3) is 0.652. The quantitative estimate of drug-likeness (QED) is 0.668. The van der Waals surface area contributed by atoms with E-state index in [1.165, 1.54) is 7.11 Å². The number of amides is 1. The van der Waals surface area contributed by atoms with Gasteiger partial charge >= 0.3 is 12.1 Å². The van der Waals surface area contributed by atoms with Crippen molar-refractivity contribution in [1.29, 1.82) is 0 Å². The lowest BCUT2D eigenvalue weighted by molar-refractivity contribution is -0.0595. The molecule has 2 fully saturated rings. The van der Waals surface area contributed by atoms with Crippen molar-refractivity contribution in [1.82, 2.24) is 10.2 Å². The number of carboxylic acid groups (broad SMARTS) is 1. The minimum Gasteiger partial charge on any atom is -0.465 e. The van der Waals surface area contributed by atoms with E-state index in [0.29, 0.717) is 23.9 Å². The van der Waals surface area contributed by atoms with Crippen molar-refractivity contribution in [2.75, 3.05) is 26.7 Å². The monoisotopic (exact) mass is 436 g/mol. The van der Waals surface area contributed by atoms with E-state index in [0.717, 1.165) is 44.3 Å². The second-order valence-corrected chi connectivity index (χ2v) is 9.98. The number of halogens is 1. The molecule has 7 heteroatoms. The van der Waals surface area contributed by atoms with Crippen LogP contribution in [0.1, 0.15) is 62.4 Å². The van der Waals surface area contributed by atoms with Crippen LogP contribution in [0.25, 0.3) is 0 Å². The number of methoxy groups -OCH3 is 1. The molecule has 0 bridgehead atoms. The molecule has 30 heavy (non-hydrogen) atoms. The lowest BCUT2D eigenvalue weighted by Crippen LogP contribution is -2.61. The molecule has 0 saturated carbocycles. The Morgan fingerprint density at radius 3 is 2.40 bits per heavy atom. The lowest BCUT2D eigenvalue weighted by Gasteiger charge is -2.57. The van der Waals surface area contributed by atoms with E-state index in [1.54, 1.807) is 17.0 Å². The molecule has 2 unspecified atom stereocenters. The largest absolute Gasteiger partial charge is 0.465 e. The molecule has 0 aliphatic carbocycles. The van der Waals surface area contributed by atoms with Gasteiger partial charge in [0, 0.05) is 6.54 Å². The second kappa shape index (κ2) is 8.75. The molecular formula is C23H33ClN2O4. The van der Waals surface area contributed by atoms with Gasteiger partial charge in [-0.25, -0.2) is 9.59 Å². The normalized spacial score (nSPS) is 25.8. The van der Waals surface area contributed by atoms with E-state index in [1.807, 2.05) is 6.07 Å². The van der Waals surface area contributed by atoms with Gasteiger partial charge in [0.05, 0.1) is 23.2 Å². The van der Waals surface area contributed by atoms with E-state index in [4.69, 9.17) is 16.3 Å². The zero-order chi connectivity index (χ0) is 22.1. The maximum atomic E-state index is 12.4. The van der Waals surface area contributed by atoms with Crippen LogP contribution in [0.2, 0.25) is 5.02 Å². The lowest BCUT2D eigenvalue weighted by atomic mass is 9.60. The summed E-state index contributed by atoms with van der Waals surface area (Å²) in [6.45, 7) is 8.82. The van der Waals surface area contributed by atoms with Crippen molar-refractivity contribution in [2.45, 2.75) is 52.0 Å². The maximum Gasteiger partial charge on any atom is 0.408 e. The Balaban J connectivity index is 2.10. The molecule has 1 aromatic rings. The number of piperidine rings is 2. The first-order chi connectivity index (χ1) is 14.1. The summed E-state index contributed by atoms with van der Waals surface area (Å²) in [5.74, 6) is 0.539. The third-order valence-corrected chi connectivity index (χ3v) is 7.43. The molecular weight excluding hydrogens is 404 g/mol. The minimum atomic E-state index is -0.915. The summed E-state index contributed by atoms with van der Waals surface area (Å²) in [6.07, 6.45) is 2.96. The topological polar surface area (TPSA) is 78.9 Å². The van der Waals surface area contributed by atoms with Crippen LogP contribution >= 0.6 is 11.6 Å². The minimum absolute atomic E-state index is 0.289. The molecule has 2 atom stereocenters. The number of likely N-dealkylation sites (tertiary alicyclic amines) is 1. The van der Waals surface area contributed by atoms with E-state index < -0.39 is 17.6 Å². The van der Waals surface area contributed by atoms with Gasteiger partial charge in [0.25, 0.3) is 0 Å². The van der Waals surface area contributed by atoms with Gasteiger partial charge in [-0.15, -0.1) is 0 Å². The fourth-order valence-electron chi connectivity index (χ4n) is 5.52. The molecule has 0 radical (unpaired) electrons.